The molecule has 0 saturated carbocycles. The Kier molecular flexibility index (Phi) is 8.80. The van der Waals surface area contributed by atoms with E-state index in [1.165, 1.54) is 0 Å². The number of hydrogen-bond acceptors (Lipinski definition) is 8. The average Bonchev–Trinajstić information content (AvgIpc) is 2.37. The molecule has 0 unspecified atom stereocenters. The van der Waals surface area contributed by atoms with E-state index in [0.29, 0.717) is 0 Å². The molecule has 1 N–H and O–H groups in total. The van der Waals surface area contributed by atoms with Crippen LogP contribution in [-0.4, -0.2) is 58.8 Å². The molecule has 0 aliphatic carbocycles. The molecule has 0 heterocycles. The van der Waals surface area contributed by atoms with Gasteiger partial charge in [-0.1, -0.05) is 0 Å². The predicted molar refractivity (Wildman–Crippen MR) is 72.6 cm³/mol. The molecule has 10 heteroatoms. The molecule has 0 radical (unpaired) electrons. The number of hydrogen-bond donors (Lipinski definition) is 1. The summed E-state index contributed by atoms with van der Waals surface area (Å²) in [6.07, 6.45) is -7.94. The lowest BCUT2D eigenvalue weighted by molar-refractivity contribution is -0.175. The number of aliphatic hydroxyl groups is 1. The van der Waals surface area contributed by atoms with Crippen LogP contribution < -0.4 is 0 Å². The predicted octanol–water partition coefficient (Wildman–Crippen LogP) is 0.0334. The second-order valence-corrected chi connectivity index (χ2v) is 5.00. The molecule has 0 saturated heterocycles. The molecule has 22 heavy (non-hydrogen) atoms. The van der Waals surface area contributed by atoms with Crippen molar-refractivity contribution in [3.63, 3.8) is 0 Å². The molecular formula is C12H16BrFO8. The van der Waals surface area contributed by atoms with Crippen LogP contribution >= 0.6 is 15.9 Å². The minimum Gasteiger partial charge on any atom is -0.463 e. The van der Waals surface area contributed by atoms with Gasteiger partial charge < -0.3 is 19.3 Å². The van der Waals surface area contributed by atoms with Crippen LogP contribution in [0.3, 0.4) is 0 Å². The summed E-state index contributed by atoms with van der Waals surface area (Å²) in [5.74, 6) is -2.64. The van der Waals surface area contributed by atoms with E-state index >= 15 is 0 Å². The van der Waals surface area contributed by atoms with Gasteiger partial charge in [-0.15, -0.1) is 0 Å². The third-order valence-electron chi connectivity index (χ3n) is 2.26. The Labute approximate surface area is 134 Å². The first kappa shape index (κ1) is 20.5. The minimum atomic E-state index is -2.37. The molecule has 0 amide bonds. The van der Waals surface area contributed by atoms with Crippen molar-refractivity contribution in [1.82, 2.24) is 0 Å². The SMILES string of the molecule is CC(=O)OC[C@@H](O)[C@@H](OC(C)=O)[C@H](F)[C@@H](OC(C)=O)C(=O)Br. The zero-order chi connectivity index (χ0) is 17.4. The zero-order valence-corrected chi connectivity index (χ0v) is 13.7. The van der Waals surface area contributed by atoms with Crippen molar-refractivity contribution in [2.24, 2.45) is 0 Å². The van der Waals surface area contributed by atoms with Gasteiger partial charge in [-0.3, -0.25) is 19.2 Å². The number of carbonyl (C=O) groups excluding carboxylic acids is 4. The summed E-state index contributed by atoms with van der Waals surface area (Å²) in [6, 6.07) is 0. The first-order chi connectivity index (χ1) is 10.1. The van der Waals surface area contributed by atoms with Gasteiger partial charge in [-0.05, 0) is 15.9 Å². The monoisotopic (exact) mass is 386 g/mol. The van der Waals surface area contributed by atoms with Gasteiger partial charge in [0.15, 0.2) is 12.3 Å². The lowest BCUT2D eigenvalue weighted by Crippen LogP contribution is -2.49. The average molecular weight is 387 g/mol. The lowest BCUT2D eigenvalue weighted by Gasteiger charge is -2.28. The summed E-state index contributed by atoms with van der Waals surface area (Å²) in [7, 11) is 0. The van der Waals surface area contributed by atoms with Crippen molar-refractivity contribution >= 4 is 38.5 Å². The Morgan fingerprint density at radius 3 is 1.91 bits per heavy atom. The molecule has 0 rings (SSSR count). The van der Waals surface area contributed by atoms with E-state index in [1.54, 1.807) is 0 Å². The van der Waals surface area contributed by atoms with Crippen LogP contribution in [-0.2, 0) is 33.4 Å². The van der Waals surface area contributed by atoms with Gasteiger partial charge in [-0.2, -0.15) is 0 Å². The number of alkyl halides is 1. The third-order valence-corrected chi connectivity index (χ3v) is 2.71. The highest BCUT2D eigenvalue weighted by molar-refractivity contribution is 9.18. The van der Waals surface area contributed by atoms with Gasteiger partial charge in [0.1, 0.15) is 12.7 Å². The normalized spacial score (nSPS) is 15.9. The number of halogens is 2. The second kappa shape index (κ2) is 9.46. The third kappa shape index (κ3) is 7.46. The topological polar surface area (TPSA) is 116 Å². The maximum atomic E-state index is 14.4. The van der Waals surface area contributed by atoms with E-state index in [1.807, 2.05) is 0 Å². The molecule has 8 nitrogen and oxygen atoms in total. The first-order valence-corrected chi connectivity index (χ1v) is 6.84. The summed E-state index contributed by atoms with van der Waals surface area (Å²) in [5.41, 5.74) is 0. The second-order valence-electron chi connectivity index (χ2n) is 4.22. The van der Waals surface area contributed by atoms with Crippen molar-refractivity contribution in [3.8, 4) is 0 Å². The van der Waals surface area contributed by atoms with E-state index in [-0.39, 0.29) is 0 Å². The number of rotatable bonds is 8. The van der Waals surface area contributed by atoms with Crippen LogP contribution in [0.2, 0.25) is 0 Å². The molecule has 0 aromatic rings. The van der Waals surface area contributed by atoms with Crippen LogP contribution in [0.1, 0.15) is 20.8 Å². The Morgan fingerprint density at radius 2 is 1.55 bits per heavy atom. The number of carbonyl (C=O) groups is 4. The van der Waals surface area contributed by atoms with Gasteiger partial charge in [0.2, 0.25) is 10.8 Å². The van der Waals surface area contributed by atoms with Crippen LogP contribution in [0.15, 0.2) is 0 Å². The maximum absolute atomic E-state index is 14.4. The minimum absolute atomic E-state index is 0.670. The molecule has 0 bridgehead atoms. The quantitative estimate of drug-likeness (QED) is 0.353. The maximum Gasteiger partial charge on any atom is 0.303 e. The fourth-order valence-corrected chi connectivity index (χ4v) is 1.78. The van der Waals surface area contributed by atoms with Crippen molar-refractivity contribution in [2.45, 2.75) is 45.3 Å². The van der Waals surface area contributed by atoms with Crippen molar-refractivity contribution in [2.75, 3.05) is 6.61 Å². The van der Waals surface area contributed by atoms with Crippen LogP contribution in [0.4, 0.5) is 4.39 Å². The van der Waals surface area contributed by atoms with Crippen LogP contribution in [0.5, 0.6) is 0 Å². The van der Waals surface area contributed by atoms with Gasteiger partial charge in [0, 0.05) is 20.8 Å². The Balaban J connectivity index is 5.18. The summed E-state index contributed by atoms with van der Waals surface area (Å²) in [5, 5.41) is 9.78. The van der Waals surface area contributed by atoms with E-state index in [0.717, 1.165) is 20.8 Å². The van der Waals surface area contributed by atoms with E-state index < -0.39 is 53.7 Å². The lowest BCUT2D eigenvalue weighted by atomic mass is 10.0. The molecular weight excluding hydrogens is 371 g/mol. The van der Waals surface area contributed by atoms with Crippen LogP contribution in [0, 0.1) is 0 Å². The molecule has 0 spiro atoms. The standard InChI is InChI=1S/C12H16BrFO8/c1-5(15)20-4-8(18)10(21-6(2)16)9(14)11(12(13)19)22-7(3)17/h8-11,18H,4H2,1-3H3/t8-,9+,10-,11-/m1/s1. The Morgan fingerprint density at radius 1 is 1.05 bits per heavy atom. The van der Waals surface area contributed by atoms with Crippen molar-refractivity contribution in [3.05, 3.63) is 0 Å². The van der Waals surface area contributed by atoms with Crippen molar-refractivity contribution in [1.29, 1.82) is 0 Å². The molecule has 0 aromatic heterocycles. The smallest absolute Gasteiger partial charge is 0.303 e. The fraction of sp³-hybridized carbons (Fsp3) is 0.667. The first-order valence-electron chi connectivity index (χ1n) is 6.05. The molecule has 4 atom stereocenters. The molecule has 0 fully saturated rings. The zero-order valence-electron chi connectivity index (χ0n) is 12.1. The molecule has 126 valence electrons. The number of aliphatic hydroxyl groups excluding tert-OH is 1. The van der Waals surface area contributed by atoms with Crippen molar-refractivity contribution < 1.29 is 42.9 Å². The van der Waals surface area contributed by atoms with E-state index in [9.17, 15) is 28.7 Å². The van der Waals surface area contributed by atoms with E-state index in [4.69, 9.17) is 0 Å². The van der Waals surface area contributed by atoms with Crippen LogP contribution in [0.25, 0.3) is 0 Å². The highest BCUT2D eigenvalue weighted by Crippen LogP contribution is 2.19. The van der Waals surface area contributed by atoms with Gasteiger partial charge >= 0.3 is 17.9 Å². The Hall–Kier alpha value is -1.55. The fourth-order valence-electron chi connectivity index (χ4n) is 1.43. The summed E-state index contributed by atoms with van der Waals surface area (Å²) < 4.78 is 26.9. The highest BCUT2D eigenvalue weighted by Gasteiger charge is 2.42. The van der Waals surface area contributed by atoms with Gasteiger partial charge in [-0.25, -0.2) is 4.39 Å². The van der Waals surface area contributed by atoms with E-state index in [2.05, 4.69) is 30.1 Å². The number of ether oxygens (including phenoxy) is 3. The summed E-state index contributed by atoms with van der Waals surface area (Å²) in [6.45, 7) is 2.29. The molecule has 0 aliphatic rings. The number of esters is 3. The summed E-state index contributed by atoms with van der Waals surface area (Å²) >= 11 is 2.45. The highest BCUT2D eigenvalue weighted by atomic mass is 79.9. The van der Waals surface area contributed by atoms with Gasteiger partial charge in [0.25, 0.3) is 0 Å². The molecule has 0 aromatic carbocycles. The Bertz CT molecular complexity index is 441. The molecule has 0 aliphatic heterocycles. The van der Waals surface area contributed by atoms with Gasteiger partial charge in [0.05, 0.1) is 0 Å². The largest absolute Gasteiger partial charge is 0.463 e. The summed E-state index contributed by atoms with van der Waals surface area (Å²) in [4.78, 5) is 43.9.